The Hall–Kier alpha value is -3.00. The molecule has 8 heteroatoms. The Labute approximate surface area is 162 Å². The van der Waals surface area contributed by atoms with Crippen LogP contribution >= 0.6 is 0 Å². The summed E-state index contributed by atoms with van der Waals surface area (Å²) in [7, 11) is 1.71. The molecule has 0 bridgehead atoms. The van der Waals surface area contributed by atoms with E-state index in [2.05, 4.69) is 27.1 Å². The number of aromatic nitrogens is 4. The van der Waals surface area contributed by atoms with Crippen LogP contribution in [0.15, 0.2) is 39.9 Å². The summed E-state index contributed by atoms with van der Waals surface area (Å²) in [6.07, 6.45) is 3.67. The van der Waals surface area contributed by atoms with Gasteiger partial charge in [0, 0.05) is 42.7 Å². The standard InChI is InChI=1S/C20H23N5O3/c1-12-5-6-15(8-21-12)20-17(14(3)28-23-20)10-25-19(26)7-16(9-22-25)24-11-18(27-4)13(24)2/h5-9,13,18H,10-11H2,1-4H3/t13-,18-/m1/s1. The fraction of sp³-hybridized carbons (Fsp3) is 0.400. The topological polar surface area (TPSA) is 86.3 Å². The third kappa shape index (κ3) is 3.20. The van der Waals surface area contributed by atoms with E-state index in [0.29, 0.717) is 11.5 Å². The van der Waals surface area contributed by atoms with Crippen molar-refractivity contribution >= 4 is 5.69 Å². The average Bonchev–Trinajstić information content (AvgIpc) is 3.04. The Bertz CT molecular complexity index is 1040. The third-order valence-corrected chi connectivity index (χ3v) is 5.37. The second-order valence-electron chi connectivity index (χ2n) is 7.13. The van der Waals surface area contributed by atoms with Gasteiger partial charge in [0.25, 0.3) is 5.56 Å². The van der Waals surface area contributed by atoms with Crippen LogP contribution in [0, 0.1) is 13.8 Å². The number of hydrogen-bond acceptors (Lipinski definition) is 7. The van der Waals surface area contributed by atoms with Crippen molar-refractivity contribution < 1.29 is 9.26 Å². The monoisotopic (exact) mass is 381 g/mol. The zero-order chi connectivity index (χ0) is 19.8. The molecule has 0 amide bonds. The van der Waals surface area contributed by atoms with Crippen molar-refractivity contribution in [3.63, 3.8) is 0 Å². The van der Waals surface area contributed by atoms with Gasteiger partial charge in [0.05, 0.1) is 30.6 Å². The van der Waals surface area contributed by atoms with E-state index in [1.54, 1.807) is 25.6 Å². The first-order valence-electron chi connectivity index (χ1n) is 9.22. The molecule has 1 aliphatic heterocycles. The van der Waals surface area contributed by atoms with Gasteiger partial charge in [-0.3, -0.25) is 9.78 Å². The average molecular weight is 381 g/mol. The van der Waals surface area contributed by atoms with Crippen LogP contribution in [0.3, 0.4) is 0 Å². The molecule has 0 radical (unpaired) electrons. The molecule has 0 aromatic carbocycles. The van der Waals surface area contributed by atoms with E-state index in [1.165, 1.54) is 4.68 Å². The molecule has 8 nitrogen and oxygen atoms in total. The van der Waals surface area contributed by atoms with Gasteiger partial charge in [-0.05, 0) is 32.9 Å². The van der Waals surface area contributed by atoms with E-state index in [9.17, 15) is 4.79 Å². The van der Waals surface area contributed by atoms with Crippen molar-refractivity contribution in [3.05, 3.63) is 58.0 Å². The molecule has 2 atom stereocenters. The summed E-state index contributed by atoms with van der Waals surface area (Å²) in [4.78, 5) is 19.1. The normalized spacial score (nSPS) is 18.9. The Morgan fingerprint density at radius 2 is 2.11 bits per heavy atom. The van der Waals surface area contributed by atoms with Crippen molar-refractivity contribution in [3.8, 4) is 11.3 Å². The molecular weight excluding hydrogens is 358 g/mol. The molecule has 1 aliphatic rings. The van der Waals surface area contributed by atoms with E-state index in [0.717, 1.165) is 29.1 Å². The number of nitrogens with zero attached hydrogens (tertiary/aromatic N) is 5. The molecule has 1 fully saturated rings. The molecule has 0 spiro atoms. The predicted molar refractivity (Wildman–Crippen MR) is 104 cm³/mol. The Morgan fingerprint density at radius 1 is 1.29 bits per heavy atom. The second-order valence-corrected chi connectivity index (χ2v) is 7.13. The number of ether oxygens (including phenoxy) is 1. The number of anilines is 1. The summed E-state index contributed by atoms with van der Waals surface area (Å²) < 4.78 is 12.2. The number of hydrogen-bond donors (Lipinski definition) is 0. The molecule has 146 valence electrons. The lowest BCUT2D eigenvalue weighted by atomic mass is 10.0. The largest absolute Gasteiger partial charge is 0.377 e. The van der Waals surface area contributed by atoms with Gasteiger partial charge in [-0.15, -0.1) is 0 Å². The van der Waals surface area contributed by atoms with Gasteiger partial charge in [0.2, 0.25) is 0 Å². The number of aryl methyl sites for hydroxylation is 2. The van der Waals surface area contributed by atoms with Gasteiger partial charge < -0.3 is 14.2 Å². The zero-order valence-electron chi connectivity index (χ0n) is 16.4. The van der Waals surface area contributed by atoms with E-state index in [1.807, 2.05) is 26.0 Å². The quantitative estimate of drug-likeness (QED) is 0.669. The van der Waals surface area contributed by atoms with Crippen LogP contribution in [0.1, 0.15) is 23.9 Å². The number of methoxy groups -OCH3 is 1. The summed E-state index contributed by atoms with van der Waals surface area (Å²) in [6, 6.07) is 5.71. The minimum atomic E-state index is -0.167. The fourth-order valence-corrected chi connectivity index (χ4v) is 3.45. The molecule has 0 unspecified atom stereocenters. The zero-order valence-corrected chi connectivity index (χ0v) is 16.4. The van der Waals surface area contributed by atoms with Gasteiger partial charge in [0.1, 0.15) is 11.5 Å². The van der Waals surface area contributed by atoms with Crippen molar-refractivity contribution in [2.75, 3.05) is 18.6 Å². The van der Waals surface area contributed by atoms with Crippen LogP contribution < -0.4 is 10.5 Å². The summed E-state index contributed by atoms with van der Waals surface area (Å²) in [5.41, 5.74) is 3.93. The molecule has 0 aliphatic carbocycles. The van der Waals surface area contributed by atoms with Crippen molar-refractivity contribution in [1.29, 1.82) is 0 Å². The van der Waals surface area contributed by atoms with E-state index >= 15 is 0 Å². The van der Waals surface area contributed by atoms with Gasteiger partial charge in [-0.25, -0.2) is 4.68 Å². The maximum atomic E-state index is 12.7. The minimum absolute atomic E-state index is 0.167. The van der Waals surface area contributed by atoms with Crippen molar-refractivity contribution in [2.24, 2.45) is 0 Å². The lowest BCUT2D eigenvalue weighted by Crippen LogP contribution is -2.59. The first kappa shape index (κ1) is 18.4. The highest BCUT2D eigenvalue weighted by Gasteiger charge is 2.36. The van der Waals surface area contributed by atoms with Gasteiger partial charge in [-0.1, -0.05) is 5.16 Å². The summed E-state index contributed by atoms with van der Waals surface area (Å²) in [6.45, 7) is 6.88. The Kier molecular flexibility index (Phi) is 4.72. The maximum absolute atomic E-state index is 12.7. The van der Waals surface area contributed by atoms with Crippen LogP contribution in [0.4, 0.5) is 5.69 Å². The van der Waals surface area contributed by atoms with Crippen LogP contribution in [0.5, 0.6) is 0 Å². The van der Waals surface area contributed by atoms with Crippen molar-refractivity contribution in [1.82, 2.24) is 19.9 Å². The van der Waals surface area contributed by atoms with Crippen LogP contribution in [0.2, 0.25) is 0 Å². The Balaban J connectivity index is 1.60. The smallest absolute Gasteiger partial charge is 0.269 e. The fourth-order valence-electron chi connectivity index (χ4n) is 3.45. The molecule has 1 saturated heterocycles. The lowest BCUT2D eigenvalue weighted by Gasteiger charge is -2.46. The highest BCUT2D eigenvalue weighted by molar-refractivity contribution is 5.62. The van der Waals surface area contributed by atoms with E-state index in [4.69, 9.17) is 9.26 Å². The molecular formula is C20H23N5O3. The highest BCUT2D eigenvalue weighted by Crippen LogP contribution is 2.27. The van der Waals surface area contributed by atoms with E-state index < -0.39 is 0 Å². The summed E-state index contributed by atoms with van der Waals surface area (Å²) >= 11 is 0. The number of rotatable bonds is 5. The molecule has 3 aromatic rings. The molecule has 4 heterocycles. The van der Waals surface area contributed by atoms with Crippen LogP contribution in [-0.4, -0.2) is 45.7 Å². The maximum Gasteiger partial charge on any atom is 0.269 e. The third-order valence-electron chi connectivity index (χ3n) is 5.37. The molecule has 0 N–H and O–H groups in total. The first-order valence-corrected chi connectivity index (χ1v) is 9.22. The van der Waals surface area contributed by atoms with Crippen molar-refractivity contribution in [2.45, 2.75) is 39.5 Å². The van der Waals surface area contributed by atoms with Crippen LogP contribution in [-0.2, 0) is 11.3 Å². The molecule has 0 saturated carbocycles. The highest BCUT2D eigenvalue weighted by atomic mass is 16.5. The van der Waals surface area contributed by atoms with Gasteiger partial charge in [0.15, 0.2) is 0 Å². The molecule has 4 rings (SSSR count). The predicted octanol–water partition coefficient (Wildman–Crippen LogP) is 2.18. The summed E-state index contributed by atoms with van der Waals surface area (Å²) in [5, 5.41) is 8.52. The van der Waals surface area contributed by atoms with Crippen LogP contribution in [0.25, 0.3) is 11.3 Å². The second kappa shape index (κ2) is 7.20. The SMILES string of the molecule is CO[C@@H]1CN(c2cnn(Cc3c(-c4ccc(C)nc4)noc3C)c(=O)c2)[C@@H]1C. The van der Waals surface area contributed by atoms with Gasteiger partial charge in [-0.2, -0.15) is 5.10 Å². The molecule has 28 heavy (non-hydrogen) atoms. The first-order chi connectivity index (χ1) is 13.5. The minimum Gasteiger partial charge on any atom is -0.377 e. The number of pyridine rings is 1. The van der Waals surface area contributed by atoms with E-state index in [-0.39, 0.29) is 24.2 Å². The summed E-state index contributed by atoms with van der Waals surface area (Å²) in [5.74, 6) is 0.660. The lowest BCUT2D eigenvalue weighted by molar-refractivity contribution is 0.0459. The molecule has 3 aromatic heterocycles. The Morgan fingerprint density at radius 3 is 2.75 bits per heavy atom. The van der Waals surface area contributed by atoms with Gasteiger partial charge >= 0.3 is 0 Å².